The predicted molar refractivity (Wildman–Crippen MR) is 52.8 cm³/mol. The van der Waals surface area contributed by atoms with Crippen LogP contribution in [0.3, 0.4) is 0 Å². The minimum atomic E-state index is -0.125. The van der Waals surface area contributed by atoms with Crippen LogP contribution in [-0.4, -0.2) is 34.2 Å². The van der Waals surface area contributed by atoms with Crippen molar-refractivity contribution in [3.05, 3.63) is 16.1 Å². The summed E-state index contributed by atoms with van der Waals surface area (Å²) < 4.78 is 0. The largest absolute Gasteiger partial charge is 0.392 e. The molecule has 2 rings (SSSR count). The van der Waals surface area contributed by atoms with E-state index in [1.165, 1.54) is 0 Å². The summed E-state index contributed by atoms with van der Waals surface area (Å²) in [5.41, 5.74) is 1.14. The maximum atomic E-state index is 9.32. The first-order valence-corrected chi connectivity index (χ1v) is 5.43. The van der Waals surface area contributed by atoms with Crippen LogP contribution >= 0.6 is 11.3 Å². The van der Waals surface area contributed by atoms with Crippen LogP contribution in [0.4, 0.5) is 0 Å². The number of aromatic nitrogens is 1. The van der Waals surface area contributed by atoms with Crippen LogP contribution in [0.5, 0.6) is 0 Å². The number of β-amino-alcohol motifs (C(OH)–C–C–N with tert-alkyl or cyclic N) is 1. The van der Waals surface area contributed by atoms with E-state index in [9.17, 15) is 5.11 Å². The van der Waals surface area contributed by atoms with Crippen molar-refractivity contribution in [1.29, 1.82) is 0 Å². The third kappa shape index (κ3) is 2.27. The summed E-state index contributed by atoms with van der Waals surface area (Å²) in [6.07, 6.45) is 0.781. The van der Waals surface area contributed by atoms with Crippen LogP contribution in [0.25, 0.3) is 0 Å². The number of hydrogen-bond donors (Lipinski definition) is 1. The second-order valence-corrected chi connectivity index (χ2v) is 4.60. The summed E-state index contributed by atoms with van der Waals surface area (Å²) in [4.78, 5) is 6.64. The lowest BCUT2D eigenvalue weighted by Crippen LogP contribution is -2.21. The van der Waals surface area contributed by atoms with Crippen molar-refractivity contribution in [2.45, 2.75) is 26.0 Å². The lowest BCUT2D eigenvalue weighted by Gasteiger charge is -2.12. The van der Waals surface area contributed by atoms with E-state index in [4.69, 9.17) is 0 Å². The average Bonchev–Trinajstić information content (AvgIpc) is 2.62. The monoisotopic (exact) mass is 198 g/mol. The fourth-order valence-electron chi connectivity index (χ4n) is 1.67. The molecule has 1 aromatic heterocycles. The molecule has 1 saturated heterocycles. The third-order valence-electron chi connectivity index (χ3n) is 2.30. The molecule has 2 heterocycles. The van der Waals surface area contributed by atoms with Gasteiger partial charge in [0.25, 0.3) is 0 Å². The number of likely N-dealkylation sites (tertiary alicyclic amines) is 1. The van der Waals surface area contributed by atoms with Gasteiger partial charge in [-0.25, -0.2) is 4.98 Å². The van der Waals surface area contributed by atoms with Crippen molar-refractivity contribution in [3.63, 3.8) is 0 Å². The van der Waals surface area contributed by atoms with E-state index in [0.29, 0.717) is 0 Å². The molecular weight excluding hydrogens is 184 g/mol. The van der Waals surface area contributed by atoms with Crippen LogP contribution in [0, 0.1) is 6.92 Å². The second-order valence-electron chi connectivity index (χ2n) is 3.54. The highest BCUT2D eigenvalue weighted by atomic mass is 32.1. The Morgan fingerprint density at radius 1 is 1.77 bits per heavy atom. The Morgan fingerprint density at radius 3 is 3.15 bits per heavy atom. The van der Waals surface area contributed by atoms with E-state index >= 15 is 0 Å². The van der Waals surface area contributed by atoms with E-state index in [2.05, 4.69) is 15.3 Å². The van der Waals surface area contributed by atoms with E-state index in [-0.39, 0.29) is 6.10 Å². The number of rotatable bonds is 2. The standard InChI is InChI=1S/C9H14N2OS/c1-7-10-8(6-13-7)4-11-3-2-9(12)5-11/h6,9,12H,2-5H2,1H3/t9-/m0/s1. The molecule has 0 unspecified atom stereocenters. The predicted octanol–water partition coefficient (Wildman–Crippen LogP) is 1.02. The van der Waals surface area contributed by atoms with Crippen molar-refractivity contribution < 1.29 is 5.11 Å². The molecule has 0 amide bonds. The molecular formula is C9H14N2OS. The molecule has 1 atom stereocenters. The summed E-state index contributed by atoms with van der Waals surface area (Å²) in [7, 11) is 0. The molecule has 0 aliphatic carbocycles. The molecule has 1 aromatic rings. The van der Waals surface area contributed by atoms with Gasteiger partial charge < -0.3 is 5.11 Å². The first-order chi connectivity index (χ1) is 6.24. The Hall–Kier alpha value is -0.450. The lowest BCUT2D eigenvalue weighted by molar-refractivity contribution is 0.174. The van der Waals surface area contributed by atoms with Gasteiger partial charge in [0.2, 0.25) is 0 Å². The van der Waals surface area contributed by atoms with Crippen LogP contribution < -0.4 is 0 Å². The Labute approximate surface area is 82.0 Å². The molecule has 1 N–H and O–H groups in total. The minimum absolute atomic E-state index is 0.125. The van der Waals surface area contributed by atoms with Gasteiger partial charge in [-0.3, -0.25) is 4.90 Å². The number of nitrogens with zero attached hydrogens (tertiary/aromatic N) is 2. The van der Waals surface area contributed by atoms with Crippen molar-refractivity contribution >= 4 is 11.3 Å². The zero-order valence-corrected chi connectivity index (χ0v) is 8.55. The zero-order valence-electron chi connectivity index (χ0n) is 7.73. The Balaban J connectivity index is 1.91. The van der Waals surface area contributed by atoms with Crippen LogP contribution in [0.2, 0.25) is 0 Å². The molecule has 3 nitrogen and oxygen atoms in total. The topological polar surface area (TPSA) is 36.4 Å². The molecule has 0 radical (unpaired) electrons. The van der Waals surface area contributed by atoms with Crippen LogP contribution in [0.15, 0.2) is 5.38 Å². The number of aryl methyl sites for hydroxylation is 1. The fraction of sp³-hybridized carbons (Fsp3) is 0.667. The highest BCUT2D eigenvalue weighted by molar-refractivity contribution is 7.09. The minimum Gasteiger partial charge on any atom is -0.392 e. The summed E-state index contributed by atoms with van der Waals surface area (Å²) in [6, 6.07) is 0. The molecule has 13 heavy (non-hydrogen) atoms. The normalized spacial score (nSPS) is 24.0. The molecule has 0 saturated carbocycles. The Bertz CT molecular complexity index is 287. The highest BCUT2D eigenvalue weighted by Gasteiger charge is 2.20. The molecule has 4 heteroatoms. The maximum absolute atomic E-state index is 9.32. The Morgan fingerprint density at radius 2 is 2.62 bits per heavy atom. The van der Waals surface area contributed by atoms with E-state index in [0.717, 1.165) is 36.8 Å². The zero-order chi connectivity index (χ0) is 9.26. The van der Waals surface area contributed by atoms with Gasteiger partial charge in [-0.2, -0.15) is 0 Å². The van der Waals surface area contributed by atoms with Gasteiger partial charge >= 0.3 is 0 Å². The molecule has 1 aliphatic rings. The molecule has 0 aromatic carbocycles. The van der Waals surface area contributed by atoms with Crippen LogP contribution in [-0.2, 0) is 6.54 Å². The first kappa shape index (κ1) is 9.12. The van der Waals surface area contributed by atoms with Gasteiger partial charge in [0, 0.05) is 25.0 Å². The first-order valence-electron chi connectivity index (χ1n) is 4.55. The van der Waals surface area contributed by atoms with Crippen molar-refractivity contribution in [2.24, 2.45) is 0 Å². The quantitative estimate of drug-likeness (QED) is 0.770. The van der Waals surface area contributed by atoms with Crippen molar-refractivity contribution in [2.75, 3.05) is 13.1 Å². The number of hydrogen-bond acceptors (Lipinski definition) is 4. The Kier molecular flexibility index (Phi) is 2.62. The summed E-state index contributed by atoms with van der Waals surface area (Å²) >= 11 is 1.69. The SMILES string of the molecule is Cc1nc(CN2CC[C@H](O)C2)cs1. The van der Waals surface area contributed by atoms with Gasteiger partial charge in [-0.1, -0.05) is 0 Å². The van der Waals surface area contributed by atoms with Gasteiger partial charge in [-0.05, 0) is 13.3 Å². The summed E-state index contributed by atoms with van der Waals surface area (Å²) in [6.45, 7) is 4.71. The fourth-order valence-corrected chi connectivity index (χ4v) is 2.27. The summed E-state index contributed by atoms with van der Waals surface area (Å²) in [5.74, 6) is 0. The highest BCUT2D eigenvalue weighted by Crippen LogP contribution is 2.14. The van der Waals surface area contributed by atoms with Crippen molar-refractivity contribution in [3.8, 4) is 0 Å². The van der Waals surface area contributed by atoms with Gasteiger partial charge in [0.15, 0.2) is 0 Å². The van der Waals surface area contributed by atoms with Crippen molar-refractivity contribution in [1.82, 2.24) is 9.88 Å². The number of aliphatic hydroxyl groups excluding tert-OH is 1. The van der Waals surface area contributed by atoms with Gasteiger partial charge in [0.1, 0.15) is 0 Å². The molecule has 72 valence electrons. The number of aliphatic hydroxyl groups is 1. The van der Waals surface area contributed by atoms with Crippen LogP contribution in [0.1, 0.15) is 17.1 Å². The van der Waals surface area contributed by atoms with E-state index in [1.807, 2.05) is 6.92 Å². The van der Waals surface area contributed by atoms with E-state index in [1.54, 1.807) is 11.3 Å². The average molecular weight is 198 g/mol. The van der Waals surface area contributed by atoms with Gasteiger partial charge in [-0.15, -0.1) is 11.3 Å². The lowest BCUT2D eigenvalue weighted by atomic mass is 10.3. The van der Waals surface area contributed by atoms with Gasteiger partial charge in [0.05, 0.1) is 16.8 Å². The molecule has 1 fully saturated rings. The smallest absolute Gasteiger partial charge is 0.0897 e. The number of thiazole rings is 1. The molecule has 0 bridgehead atoms. The summed E-state index contributed by atoms with van der Waals surface area (Å²) in [5, 5.41) is 12.5. The van der Waals surface area contributed by atoms with E-state index < -0.39 is 0 Å². The second kappa shape index (κ2) is 3.74. The molecule has 0 spiro atoms. The third-order valence-corrected chi connectivity index (χ3v) is 3.12. The maximum Gasteiger partial charge on any atom is 0.0897 e. The molecule has 1 aliphatic heterocycles.